The number of aromatic nitrogens is 2. The number of hydrogen-bond acceptors (Lipinski definition) is 6. The predicted octanol–water partition coefficient (Wildman–Crippen LogP) is 5.03. The molecule has 0 radical (unpaired) electrons. The van der Waals surface area contributed by atoms with Crippen LogP contribution in [0, 0.1) is 12.4 Å². The number of halogens is 1. The Morgan fingerprint density at radius 2 is 2.00 bits per heavy atom. The second-order valence-corrected chi connectivity index (χ2v) is 9.31. The largest absolute Gasteiger partial charge is 0.496 e. The van der Waals surface area contributed by atoms with Crippen molar-refractivity contribution in [1.29, 1.82) is 0 Å². The van der Waals surface area contributed by atoms with Gasteiger partial charge in [0.05, 0.1) is 24.3 Å². The fourth-order valence-corrected chi connectivity index (χ4v) is 5.41. The molecule has 0 aliphatic carbocycles. The number of rotatable bonds is 5. The molecule has 0 fully saturated rings. The molecule has 4 aromatic rings. The van der Waals surface area contributed by atoms with Gasteiger partial charge in [-0.2, -0.15) is 0 Å². The summed E-state index contributed by atoms with van der Waals surface area (Å²) in [5.74, 6) is -0.374. The Bertz CT molecular complexity index is 1400. The molecule has 0 saturated carbocycles. The molecule has 0 amide bonds. The Morgan fingerprint density at radius 3 is 2.70 bits per heavy atom. The number of ether oxygens (including phenoxy) is 1. The zero-order valence-electron chi connectivity index (χ0n) is 15.7. The van der Waals surface area contributed by atoms with Gasteiger partial charge in [-0.15, -0.1) is 11.3 Å². The first kappa shape index (κ1) is 19.9. The number of hydrogen-bond donors (Lipinski definition) is 0. The molecule has 6 nitrogen and oxygen atoms in total. The highest BCUT2D eigenvalue weighted by molar-refractivity contribution is 7.90. The quantitative estimate of drug-likeness (QED) is 0.408. The molecule has 2 aromatic heterocycles. The molecular formula is C21H14FN3O3S2. The van der Waals surface area contributed by atoms with Crippen LogP contribution >= 0.6 is 11.3 Å². The second-order valence-electron chi connectivity index (χ2n) is 6.34. The summed E-state index contributed by atoms with van der Waals surface area (Å²) >= 11 is 1.27. The van der Waals surface area contributed by atoms with Crippen molar-refractivity contribution < 1.29 is 17.5 Å². The summed E-state index contributed by atoms with van der Waals surface area (Å²) in [6.07, 6.45) is 2.94. The Kier molecular flexibility index (Phi) is 5.20. The molecule has 0 atom stereocenters. The number of thiazole rings is 1. The summed E-state index contributed by atoms with van der Waals surface area (Å²) in [7, 11) is -2.22. The molecule has 0 bridgehead atoms. The van der Waals surface area contributed by atoms with Gasteiger partial charge >= 0.3 is 0 Å². The predicted molar refractivity (Wildman–Crippen MR) is 113 cm³/mol. The number of methoxy groups -OCH3 is 1. The van der Waals surface area contributed by atoms with Gasteiger partial charge in [-0.05, 0) is 35.0 Å². The molecule has 30 heavy (non-hydrogen) atoms. The Labute approximate surface area is 176 Å². The summed E-state index contributed by atoms with van der Waals surface area (Å²) in [6, 6.07) is 8.66. The lowest BCUT2D eigenvalue weighted by molar-refractivity contribution is 0.413. The highest BCUT2D eigenvalue weighted by atomic mass is 32.2. The van der Waals surface area contributed by atoms with Crippen LogP contribution in [0.4, 0.5) is 10.1 Å². The summed E-state index contributed by atoms with van der Waals surface area (Å²) in [6.45, 7) is 7.45. The van der Waals surface area contributed by atoms with Crippen molar-refractivity contribution >= 4 is 37.6 Å². The van der Waals surface area contributed by atoms with E-state index in [2.05, 4.69) is 14.8 Å². The van der Waals surface area contributed by atoms with E-state index in [-0.39, 0.29) is 16.3 Å². The minimum Gasteiger partial charge on any atom is -0.496 e. The van der Waals surface area contributed by atoms with Gasteiger partial charge in [0.2, 0.25) is 5.69 Å². The minimum absolute atomic E-state index is 0.0957. The summed E-state index contributed by atoms with van der Waals surface area (Å²) < 4.78 is 44.6. The standard InChI is InChI=1S/C21H14FN3O3S2/c1-23-18-11-25-21(16-5-3-13(22)9-19(16)28-2)15-6-4-14(10-17(15)18)30(26,27)12-20-24-7-8-29-20/h3-11H,12H2,2H3. The van der Waals surface area contributed by atoms with Crippen molar-refractivity contribution in [3.05, 3.63) is 76.4 Å². The maximum atomic E-state index is 13.6. The van der Waals surface area contributed by atoms with E-state index in [9.17, 15) is 12.8 Å². The third-order valence-electron chi connectivity index (χ3n) is 4.53. The van der Waals surface area contributed by atoms with E-state index in [1.54, 1.807) is 23.7 Å². The van der Waals surface area contributed by atoms with Crippen LogP contribution < -0.4 is 4.74 Å². The third-order valence-corrected chi connectivity index (χ3v) is 7.12. The van der Waals surface area contributed by atoms with Crippen LogP contribution in [-0.2, 0) is 15.6 Å². The maximum Gasteiger partial charge on any atom is 0.212 e. The highest BCUT2D eigenvalue weighted by Crippen LogP contribution is 2.38. The zero-order chi connectivity index (χ0) is 21.3. The molecule has 0 unspecified atom stereocenters. The molecule has 0 spiro atoms. The summed E-state index contributed by atoms with van der Waals surface area (Å²) in [5, 5.41) is 3.23. The maximum absolute atomic E-state index is 13.6. The molecule has 9 heteroatoms. The van der Waals surface area contributed by atoms with Crippen LogP contribution in [-0.4, -0.2) is 25.5 Å². The lowest BCUT2D eigenvalue weighted by atomic mass is 10.0. The van der Waals surface area contributed by atoms with Crippen molar-refractivity contribution in [2.75, 3.05) is 7.11 Å². The van der Waals surface area contributed by atoms with E-state index >= 15 is 0 Å². The van der Waals surface area contributed by atoms with Crippen LogP contribution in [0.15, 0.2) is 59.1 Å². The van der Waals surface area contributed by atoms with Crippen LogP contribution in [0.1, 0.15) is 5.01 Å². The monoisotopic (exact) mass is 439 g/mol. The normalized spacial score (nSPS) is 11.4. The smallest absolute Gasteiger partial charge is 0.212 e. The van der Waals surface area contributed by atoms with Crippen molar-refractivity contribution in [3.8, 4) is 17.0 Å². The molecule has 150 valence electrons. The number of pyridine rings is 1. The van der Waals surface area contributed by atoms with Gasteiger partial charge in [-0.25, -0.2) is 22.6 Å². The van der Waals surface area contributed by atoms with Crippen molar-refractivity contribution in [1.82, 2.24) is 9.97 Å². The molecule has 0 aliphatic heterocycles. The molecule has 2 aromatic carbocycles. The molecule has 2 heterocycles. The molecular weight excluding hydrogens is 425 g/mol. The van der Waals surface area contributed by atoms with Gasteiger partial charge in [-0.3, -0.25) is 4.98 Å². The van der Waals surface area contributed by atoms with Gasteiger partial charge in [-0.1, -0.05) is 6.07 Å². The van der Waals surface area contributed by atoms with E-state index in [0.29, 0.717) is 32.8 Å². The van der Waals surface area contributed by atoms with E-state index in [0.717, 1.165) is 0 Å². The fraction of sp³-hybridized carbons (Fsp3) is 0.0952. The highest BCUT2D eigenvalue weighted by Gasteiger charge is 2.20. The SMILES string of the molecule is [C-]#[N+]c1cnc(-c2ccc(F)cc2OC)c2ccc(S(=O)(=O)Cc3nccs3)cc12. The number of sulfone groups is 1. The summed E-state index contributed by atoms with van der Waals surface area (Å²) in [5.41, 5.74) is 1.23. The van der Waals surface area contributed by atoms with Gasteiger partial charge < -0.3 is 4.74 Å². The van der Waals surface area contributed by atoms with E-state index in [1.807, 2.05) is 0 Å². The fourth-order valence-electron chi connectivity index (χ4n) is 3.13. The van der Waals surface area contributed by atoms with Gasteiger partial charge in [0.25, 0.3) is 0 Å². The summed E-state index contributed by atoms with van der Waals surface area (Å²) in [4.78, 5) is 12.0. The second kappa shape index (κ2) is 7.82. The van der Waals surface area contributed by atoms with Crippen LogP contribution in [0.3, 0.4) is 0 Å². The van der Waals surface area contributed by atoms with E-state index < -0.39 is 15.7 Å². The number of benzene rings is 2. The Morgan fingerprint density at radius 1 is 1.17 bits per heavy atom. The first-order valence-electron chi connectivity index (χ1n) is 8.68. The zero-order valence-corrected chi connectivity index (χ0v) is 17.3. The van der Waals surface area contributed by atoms with Crippen LogP contribution in [0.5, 0.6) is 5.75 Å². The molecule has 0 N–H and O–H groups in total. The molecule has 0 aliphatic rings. The molecule has 4 rings (SSSR count). The Hall–Kier alpha value is -3.35. The Balaban J connectivity index is 1.90. The van der Waals surface area contributed by atoms with Gasteiger partial charge in [0.15, 0.2) is 9.84 Å². The molecule has 0 saturated heterocycles. The number of nitrogens with zero attached hydrogens (tertiary/aromatic N) is 3. The van der Waals surface area contributed by atoms with Crippen molar-refractivity contribution in [2.24, 2.45) is 0 Å². The third kappa shape index (κ3) is 3.63. The van der Waals surface area contributed by atoms with Crippen LogP contribution in [0.2, 0.25) is 0 Å². The average Bonchev–Trinajstić information content (AvgIpc) is 3.25. The van der Waals surface area contributed by atoms with Crippen molar-refractivity contribution in [3.63, 3.8) is 0 Å². The topological polar surface area (TPSA) is 73.5 Å². The first-order valence-corrected chi connectivity index (χ1v) is 11.2. The lowest BCUT2D eigenvalue weighted by Gasteiger charge is -2.12. The van der Waals surface area contributed by atoms with Crippen LogP contribution in [0.25, 0.3) is 26.9 Å². The van der Waals surface area contributed by atoms with Gasteiger partial charge in [0.1, 0.15) is 22.3 Å². The lowest BCUT2D eigenvalue weighted by Crippen LogP contribution is -2.05. The van der Waals surface area contributed by atoms with E-state index in [1.165, 1.54) is 48.9 Å². The van der Waals surface area contributed by atoms with Gasteiger partial charge in [0, 0.05) is 29.4 Å². The minimum atomic E-state index is -3.65. The van der Waals surface area contributed by atoms with E-state index in [4.69, 9.17) is 11.3 Å². The first-order chi connectivity index (χ1) is 14.4. The number of fused-ring (bicyclic) bond motifs is 1. The average molecular weight is 439 g/mol. The van der Waals surface area contributed by atoms with Crippen molar-refractivity contribution in [2.45, 2.75) is 10.6 Å².